The van der Waals surface area contributed by atoms with Gasteiger partial charge in [-0.1, -0.05) is 85.9 Å². The van der Waals surface area contributed by atoms with Gasteiger partial charge in [0.05, 0.1) is 8.07 Å². The lowest BCUT2D eigenvalue weighted by molar-refractivity contribution is 0.992. The summed E-state index contributed by atoms with van der Waals surface area (Å²) in [5.41, 5.74) is 6.70. The van der Waals surface area contributed by atoms with E-state index in [1.807, 2.05) is 0 Å². The van der Waals surface area contributed by atoms with Crippen molar-refractivity contribution >= 4 is 13.6 Å². The summed E-state index contributed by atoms with van der Waals surface area (Å²) in [6.45, 7) is 7.48. The van der Waals surface area contributed by atoms with Crippen molar-refractivity contribution in [3.8, 4) is 0 Å². The summed E-state index contributed by atoms with van der Waals surface area (Å²) in [5, 5.41) is 0. The van der Waals surface area contributed by atoms with Crippen molar-refractivity contribution in [2.24, 2.45) is 0 Å². The molecule has 0 saturated heterocycles. The zero-order valence-electron chi connectivity index (χ0n) is 13.3. The minimum atomic E-state index is -1.33. The maximum absolute atomic E-state index is 2.49. The van der Waals surface area contributed by atoms with E-state index in [4.69, 9.17) is 0 Å². The second-order valence-electron chi connectivity index (χ2n) is 7.08. The van der Waals surface area contributed by atoms with Gasteiger partial charge in [0, 0.05) is 5.54 Å². The summed E-state index contributed by atoms with van der Waals surface area (Å²) in [5.74, 6) is 0. The van der Waals surface area contributed by atoms with Crippen LogP contribution >= 0.6 is 0 Å². The van der Waals surface area contributed by atoms with Crippen molar-refractivity contribution < 1.29 is 0 Å². The molecule has 1 unspecified atom stereocenters. The Morgan fingerprint density at radius 1 is 0.905 bits per heavy atom. The molecular formula is C20H24Si. The Morgan fingerprint density at radius 2 is 1.62 bits per heavy atom. The van der Waals surface area contributed by atoms with Crippen molar-refractivity contribution in [1.82, 2.24) is 0 Å². The van der Waals surface area contributed by atoms with Gasteiger partial charge in [-0.2, -0.15) is 0 Å². The first kappa shape index (κ1) is 14.3. The number of allylic oxidation sites excluding steroid dienone is 8. The predicted octanol–water partition coefficient (Wildman–Crippen LogP) is 5.88. The fourth-order valence-electron chi connectivity index (χ4n) is 3.59. The van der Waals surface area contributed by atoms with Crippen molar-refractivity contribution in [3.05, 3.63) is 77.4 Å². The summed E-state index contributed by atoms with van der Waals surface area (Å²) >= 11 is 0. The van der Waals surface area contributed by atoms with E-state index in [0.29, 0.717) is 5.54 Å². The molecule has 0 N–H and O–H groups in total. The molecule has 2 aliphatic carbocycles. The van der Waals surface area contributed by atoms with Crippen molar-refractivity contribution in [2.75, 3.05) is 0 Å². The van der Waals surface area contributed by atoms with E-state index in [-0.39, 0.29) is 0 Å². The largest absolute Gasteiger partial charge is 0.0805 e. The van der Waals surface area contributed by atoms with Crippen LogP contribution in [-0.4, -0.2) is 8.07 Å². The molecule has 1 heteroatoms. The molecule has 0 aliphatic heterocycles. The lowest BCUT2D eigenvalue weighted by Gasteiger charge is -2.33. The first-order valence-electron chi connectivity index (χ1n) is 7.88. The van der Waals surface area contributed by atoms with Gasteiger partial charge in [-0.3, -0.25) is 0 Å². The highest BCUT2D eigenvalue weighted by Gasteiger charge is 2.33. The third-order valence-electron chi connectivity index (χ3n) is 4.43. The van der Waals surface area contributed by atoms with Gasteiger partial charge >= 0.3 is 0 Å². The van der Waals surface area contributed by atoms with Crippen LogP contribution < -0.4 is 0 Å². The number of rotatable bonds is 4. The molecule has 0 spiro atoms. The second-order valence-corrected chi connectivity index (χ2v) is 12.4. The number of hydrogen-bond acceptors (Lipinski definition) is 0. The smallest absolute Gasteiger partial charge is 0.0569 e. The fraction of sp³-hybridized carbons (Fsp3) is 0.300. The molecular weight excluding hydrogens is 268 g/mol. The number of hydrogen-bond donors (Lipinski definition) is 0. The van der Waals surface area contributed by atoms with E-state index < -0.39 is 8.07 Å². The molecule has 3 rings (SSSR count). The minimum Gasteiger partial charge on any atom is -0.0805 e. The van der Waals surface area contributed by atoms with Crippen LogP contribution in [-0.2, 0) is 0 Å². The van der Waals surface area contributed by atoms with Crippen molar-refractivity contribution in [2.45, 2.75) is 38.0 Å². The van der Waals surface area contributed by atoms with E-state index in [1.54, 1.807) is 11.1 Å². The fourth-order valence-corrected chi connectivity index (χ4v) is 6.10. The summed E-state index contributed by atoms with van der Waals surface area (Å²) in [4.78, 5) is 0. The molecule has 1 atom stereocenters. The molecule has 0 nitrogen and oxygen atoms in total. The molecule has 0 heterocycles. The highest BCUT2D eigenvalue weighted by Crippen LogP contribution is 2.41. The minimum absolute atomic E-state index is 0.616. The Bertz CT molecular complexity index is 651. The van der Waals surface area contributed by atoms with Gasteiger partial charge in [0.15, 0.2) is 0 Å². The predicted molar refractivity (Wildman–Crippen MR) is 96.1 cm³/mol. The van der Waals surface area contributed by atoms with Gasteiger partial charge in [0.25, 0.3) is 0 Å². The SMILES string of the molecule is C[Si](C)(C)C(C1=CC=CC1)c1ccccc1C1=CC=CC1. The van der Waals surface area contributed by atoms with E-state index in [0.717, 1.165) is 12.8 Å². The van der Waals surface area contributed by atoms with Gasteiger partial charge in [-0.05, 0) is 29.5 Å². The lowest BCUT2D eigenvalue weighted by atomic mass is 9.93. The summed E-state index contributed by atoms with van der Waals surface area (Å²) in [6, 6.07) is 9.05. The Hall–Kier alpha value is -1.60. The molecule has 1 aromatic rings. The van der Waals surface area contributed by atoms with Crippen molar-refractivity contribution in [1.29, 1.82) is 0 Å². The number of benzene rings is 1. The van der Waals surface area contributed by atoms with E-state index in [1.165, 1.54) is 11.1 Å². The highest BCUT2D eigenvalue weighted by molar-refractivity contribution is 6.78. The molecule has 0 radical (unpaired) electrons. The maximum atomic E-state index is 2.49. The van der Waals surface area contributed by atoms with Crippen LogP contribution in [0.4, 0.5) is 0 Å². The maximum Gasteiger partial charge on any atom is 0.0569 e. The zero-order chi connectivity index (χ0) is 14.9. The van der Waals surface area contributed by atoms with Crippen LogP contribution in [0.5, 0.6) is 0 Å². The monoisotopic (exact) mass is 292 g/mol. The van der Waals surface area contributed by atoms with Crippen LogP contribution in [0.15, 0.2) is 66.3 Å². The van der Waals surface area contributed by atoms with Crippen molar-refractivity contribution in [3.63, 3.8) is 0 Å². The molecule has 21 heavy (non-hydrogen) atoms. The zero-order valence-corrected chi connectivity index (χ0v) is 14.3. The highest BCUT2D eigenvalue weighted by atomic mass is 28.3. The van der Waals surface area contributed by atoms with Gasteiger partial charge in [0.2, 0.25) is 0 Å². The van der Waals surface area contributed by atoms with E-state index in [2.05, 4.69) is 80.4 Å². The van der Waals surface area contributed by atoms with E-state index >= 15 is 0 Å². The van der Waals surface area contributed by atoms with E-state index in [9.17, 15) is 0 Å². The standard InChI is InChI=1S/C20H24Si/c1-21(2,3)20(17-12-6-7-13-17)19-15-9-8-14-18(19)16-10-4-5-11-16/h4-10,12,14-15,20H,11,13H2,1-3H3. The molecule has 1 aromatic carbocycles. The summed E-state index contributed by atoms with van der Waals surface area (Å²) in [7, 11) is -1.33. The average Bonchev–Trinajstić information content (AvgIpc) is 3.11. The molecule has 0 saturated carbocycles. The first-order chi connectivity index (χ1) is 10.1. The third kappa shape index (κ3) is 2.89. The quantitative estimate of drug-likeness (QED) is 0.608. The molecule has 0 fully saturated rings. The van der Waals surface area contributed by atoms with Gasteiger partial charge < -0.3 is 0 Å². The first-order valence-corrected chi connectivity index (χ1v) is 11.5. The second kappa shape index (κ2) is 5.65. The molecule has 0 aromatic heterocycles. The van der Waals surface area contributed by atoms with Crippen LogP contribution in [0.3, 0.4) is 0 Å². The van der Waals surface area contributed by atoms with Gasteiger partial charge in [-0.25, -0.2) is 0 Å². The van der Waals surface area contributed by atoms with Crippen LogP contribution in [0.2, 0.25) is 19.6 Å². The average molecular weight is 292 g/mol. The third-order valence-corrected chi connectivity index (χ3v) is 6.84. The van der Waals surface area contributed by atoms with Crippen LogP contribution in [0.25, 0.3) is 5.57 Å². The Kier molecular flexibility index (Phi) is 3.86. The van der Waals surface area contributed by atoms with Crippen LogP contribution in [0.1, 0.15) is 29.5 Å². The summed E-state index contributed by atoms with van der Waals surface area (Å²) < 4.78 is 0. The summed E-state index contributed by atoms with van der Waals surface area (Å²) in [6.07, 6.45) is 15.8. The molecule has 0 amide bonds. The Balaban J connectivity index is 2.08. The lowest BCUT2D eigenvalue weighted by Crippen LogP contribution is -2.32. The van der Waals surface area contributed by atoms with Gasteiger partial charge in [0.1, 0.15) is 0 Å². The molecule has 0 bridgehead atoms. The molecule has 108 valence electrons. The van der Waals surface area contributed by atoms with Crippen LogP contribution in [0, 0.1) is 0 Å². The van der Waals surface area contributed by atoms with Gasteiger partial charge in [-0.15, -0.1) is 0 Å². The Morgan fingerprint density at radius 3 is 2.24 bits per heavy atom. The normalized spacial score (nSPS) is 18.8. The molecule has 2 aliphatic rings. The topological polar surface area (TPSA) is 0 Å². The Labute approximate surface area is 129 Å².